The van der Waals surface area contributed by atoms with Crippen molar-refractivity contribution in [1.82, 2.24) is 4.98 Å². The molecule has 0 aliphatic heterocycles. The molecule has 0 atom stereocenters. The highest BCUT2D eigenvalue weighted by Gasteiger charge is 2.17. The second kappa shape index (κ2) is 6.25. The number of nitrogens with zero attached hydrogens (tertiary/aromatic N) is 1. The van der Waals surface area contributed by atoms with Crippen LogP contribution in [0.15, 0.2) is 41.6 Å². The predicted octanol–water partition coefficient (Wildman–Crippen LogP) is 2.63. The molecule has 0 unspecified atom stereocenters. The fourth-order valence-electron chi connectivity index (χ4n) is 1.43. The molecular formula is C12H10ClIN2O3S. The van der Waals surface area contributed by atoms with E-state index in [2.05, 4.69) is 32.3 Å². The zero-order valence-electron chi connectivity index (χ0n) is 10.0. The standard InChI is InChI=1S/C12H10ClIN2O3S/c13-10-5-9(14)2-3-11(10)16-20(18,19)12-4-1-8(7-17)6-15-12/h1-6,16-17H,7H2. The minimum Gasteiger partial charge on any atom is -0.392 e. The Hall–Kier alpha value is -0.900. The molecule has 5 nitrogen and oxygen atoms in total. The summed E-state index contributed by atoms with van der Waals surface area (Å²) in [4.78, 5) is 3.81. The highest BCUT2D eigenvalue weighted by molar-refractivity contribution is 14.1. The summed E-state index contributed by atoms with van der Waals surface area (Å²) in [7, 11) is -3.80. The lowest BCUT2D eigenvalue weighted by Crippen LogP contribution is -2.14. The lowest BCUT2D eigenvalue weighted by molar-refractivity contribution is 0.281. The summed E-state index contributed by atoms with van der Waals surface area (Å²) in [6, 6.07) is 7.81. The number of sulfonamides is 1. The molecule has 106 valence electrons. The van der Waals surface area contributed by atoms with Crippen LogP contribution in [0.1, 0.15) is 5.56 Å². The maximum absolute atomic E-state index is 12.1. The van der Waals surface area contributed by atoms with Crippen LogP contribution in [0.25, 0.3) is 0 Å². The number of rotatable bonds is 4. The van der Waals surface area contributed by atoms with E-state index in [0.717, 1.165) is 3.57 Å². The van der Waals surface area contributed by atoms with Gasteiger partial charge in [-0.2, -0.15) is 8.42 Å². The van der Waals surface area contributed by atoms with Crippen molar-refractivity contribution in [3.05, 3.63) is 50.7 Å². The van der Waals surface area contributed by atoms with Crippen molar-refractivity contribution in [2.75, 3.05) is 4.72 Å². The van der Waals surface area contributed by atoms with Gasteiger partial charge in [0.1, 0.15) is 0 Å². The number of nitrogens with one attached hydrogen (secondary N) is 1. The van der Waals surface area contributed by atoms with Crippen molar-refractivity contribution < 1.29 is 13.5 Å². The van der Waals surface area contributed by atoms with Crippen LogP contribution in [0.4, 0.5) is 5.69 Å². The molecule has 0 fully saturated rings. The van der Waals surface area contributed by atoms with E-state index in [4.69, 9.17) is 16.7 Å². The van der Waals surface area contributed by atoms with Gasteiger partial charge in [0.15, 0.2) is 5.03 Å². The van der Waals surface area contributed by atoms with Crippen molar-refractivity contribution >= 4 is 49.9 Å². The quantitative estimate of drug-likeness (QED) is 0.740. The molecule has 2 aromatic rings. The summed E-state index contributed by atoms with van der Waals surface area (Å²) in [6.07, 6.45) is 1.31. The molecule has 1 aromatic carbocycles. The van der Waals surface area contributed by atoms with Crippen molar-refractivity contribution in [3.63, 3.8) is 0 Å². The van der Waals surface area contributed by atoms with E-state index in [1.165, 1.54) is 18.3 Å². The molecular weight excluding hydrogens is 415 g/mol. The van der Waals surface area contributed by atoms with E-state index in [-0.39, 0.29) is 11.6 Å². The highest BCUT2D eigenvalue weighted by Crippen LogP contribution is 2.26. The summed E-state index contributed by atoms with van der Waals surface area (Å²) in [5.74, 6) is 0. The van der Waals surface area contributed by atoms with Crippen molar-refractivity contribution in [2.45, 2.75) is 11.6 Å². The van der Waals surface area contributed by atoms with Gasteiger partial charge in [-0.25, -0.2) is 4.98 Å². The van der Waals surface area contributed by atoms with Crippen LogP contribution >= 0.6 is 34.2 Å². The molecule has 0 amide bonds. The number of hydrogen-bond donors (Lipinski definition) is 2. The Morgan fingerprint density at radius 3 is 2.60 bits per heavy atom. The fraction of sp³-hybridized carbons (Fsp3) is 0.0833. The van der Waals surface area contributed by atoms with Crippen LogP contribution in [-0.4, -0.2) is 18.5 Å². The number of pyridine rings is 1. The molecule has 0 saturated carbocycles. The van der Waals surface area contributed by atoms with Gasteiger partial charge in [-0.1, -0.05) is 17.7 Å². The summed E-state index contributed by atoms with van der Waals surface area (Å²) in [5, 5.41) is 9.08. The first-order valence-corrected chi connectivity index (χ1v) is 8.40. The van der Waals surface area contributed by atoms with Gasteiger partial charge in [0.25, 0.3) is 10.0 Å². The monoisotopic (exact) mass is 424 g/mol. The Morgan fingerprint density at radius 2 is 2.05 bits per heavy atom. The minimum absolute atomic E-state index is 0.135. The van der Waals surface area contributed by atoms with Crippen LogP contribution in [0.3, 0.4) is 0 Å². The van der Waals surface area contributed by atoms with Gasteiger partial charge in [0.05, 0.1) is 17.3 Å². The smallest absolute Gasteiger partial charge is 0.279 e. The highest BCUT2D eigenvalue weighted by atomic mass is 127. The molecule has 20 heavy (non-hydrogen) atoms. The average Bonchev–Trinajstić information content (AvgIpc) is 2.42. The van der Waals surface area contributed by atoms with Gasteiger partial charge < -0.3 is 5.11 Å². The van der Waals surface area contributed by atoms with Crippen molar-refractivity contribution in [3.8, 4) is 0 Å². The number of aliphatic hydroxyl groups is 1. The van der Waals surface area contributed by atoms with Gasteiger partial charge in [0, 0.05) is 9.77 Å². The summed E-state index contributed by atoms with van der Waals surface area (Å²) >= 11 is 8.07. The first-order chi connectivity index (χ1) is 9.42. The zero-order valence-corrected chi connectivity index (χ0v) is 13.8. The minimum atomic E-state index is -3.80. The van der Waals surface area contributed by atoms with E-state index in [1.54, 1.807) is 18.2 Å². The van der Waals surface area contributed by atoms with Gasteiger partial charge in [-0.05, 0) is 52.4 Å². The lowest BCUT2D eigenvalue weighted by atomic mass is 10.3. The van der Waals surface area contributed by atoms with E-state index in [9.17, 15) is 8.42 Å². The van der Waals surface area contributed by atoms with E-state index < -0.39 is 10.0 Å². The third kappa shape index (κ3) is 3.60. The van der Waals surface area contributed by atoms with Crippen molar-refractivity contribution in [2.24, 2.45) is 0 Å². The molecule has 0 radical (unpaired) electrons. The topological polar surface area (TPSA) is 79.3 Å². The number of hydrogen-bond acceptors (Lipinski definition) is 4. The second-order valence-corrected chi connectivity index (χ2v) is 7.17. The largest absolute Gasteiger partial charge is 0.392 e. The number of aliphatic hydroxyl groups excluding tert-OH is 1. The zero-order chi connectivity index (χ0) is 14.8. The molecule has 0 spiro atoms. The number of benzene rings is 1. The molecule has 8 heteroatoms. The first kappa shape index (κ1) is 15.5. The number of anilines is 1. The molecule has 0 saturated heterocycles. The van der Waals surface area contributed by atoms with Crippen LogP contribution in [-0.2, 0) is 16.6 Å². The lowest BCUT2D eigenvalue weighted by Gasteiger charge is -2.09. The van der Waals surface area contributed by atoms with Crippen LogP contribution in [0.2, 0.25) is 5.02 Å². The molecule has 1 heterocycles. The fourth-order valence-corrected chi connectivity index (χ4v) is 3.40. The van der Waals surface area contributed by atoms with E-state index >= 15 is 0 Å². The normalized spacial score (nSPS) is 11.3. The van der Waals surface area contributed by atoms with Crippen molar-refractivity contribution in [1.29, 1.82) is 0 Å². The number of aromatic nitrogens is 1. The second-order valence-electron chi connectivity index (χ2n) is 3.89. The average molecular weight is 425 g/mol. The molecule has 0 aliphatic rings. The molecule has 2 rings (SSSR count). The van der Waals surface area contributed by atoms with E-state index in [1.807, 2.05) is 0 Å². The van der Waals surface area contributed by atoms with Gasteiger partial charge >= 0.3 is 0 Å². The summed E-state index contributed by atoms with van der Waals surface area (Å²) in [6.45, 7) is -0.191. The van der Waals surface area contributed by atoms with Gasteiger partial charge in [-0.15, -0.1) is 0 Å². The Labute approximate surface area is 135 Å². The van der Waals surface area contributed by atoms with Crippen LogP contribution in [0, 0.1) is 3.57 Å². The molecule has 0 aliphatic carbocycles. The van der Waals surface area contributed by atoms with Gasteiger partial charge in [-0.3, -0.25) is 4.72 Å². The predicted molar refractivity (Wildman–Crippen MR) is 85.1 cm³/mol. The SMILES string of the molecule is O=S(=O)(Nc1ccc(I)cc1Cl)c1ccc(CO)cn1. The Balaban J connectivity index is 2.30. The first-order valence-electron chi connectivity index (χ1n) is 5.46. The maximum Gasteiger partial charge on any atom is 0.279 e. The van der Waals surface area contributed by atoms with E-state index in [0.29, 0.717) is 16.3 Å². The molecule has 0 bridgehead atoms. The summed E-state index contributed by atoms with van der Waals surface area (Å²) in [5.41, 5.74) is 0.830. The van der Waals surface area contributed by atoms with Crippen LogP contribution in [0.5, 0.6) is 0 Å². The Kier molecular flexibility index (Phi) is 4.84. The number of halogens is 2. The third-order valence-corrected chi connectivity index (χ3v) is 4.70. The third-order valence-electron chi connectivity index (χ3n) is 2.43. The maximum atomic E-state index is 12.1. The van der Waals surface area contributed by atoms with Crippen LogP contribution < -0.4 is 4.72 Å². The molecule has 1 aromatic heterocycles. The summed E-state index contributed by atoms with van der Waals surface area (Å²) < 4.78 is 27.6. The molecule has 2 N–H and O–H groups in total. The van der Waals surface area contributed by atoms with Gasteiger partial charge in [0.2, 0.25) is 0 Å². The Bertz CT molecular complexity index is 720. The Morgan fingerprint density at radius 1 is 1.30 bits per heavy atom.